The van der Waals surface area contributed by atoms with Gasteiger partial charge in [-0.2, -0.15) is 5.26 Å². The minimum Gasteiger partial charge on any atom is -0.314 e. The van der Waals surface area contributed by atoms with E-state index in [1.165, 1.54) is 16.7 Å². The van der Waals surface area contributed by atoms with E-state index in [0.29, 0.717) is 57.3 Å². The van der Waals surface area contributed by atoms with Crippen molar-refractivity contribution in [3.05, 3.63) is 104 Å². The van der Waals surface area contributed by atoms with Crippen LogP contribution >= 0.6 is 0 Å². The highest BCUT2D eigenvalue weighted by atomic mass is 19.1. The smallest absolute Gasteiger partial charge is 0.314 e. The van der Waals surface area contributed by atoms with Crippen LogP contribution in [0.2, 0.25) is 0 Å². The molecule has 0 aliphatic heterocycles. The maximum absolute atomic E-state index is 14.4. The summed E-state index contributed by atoms with van der Waals surface area (Å²) in [5, 5.41) is 13.3. The summed E-state index contributed by atoms with van der Waals surface area (Å²) in [4.78, 5) is 25.6. The molecule has 0 atom stereocenters. The molecule has 6 nitrogen and oxygen atoms in total. The van der Waals surface area contributed by atoms with E-state index in [0.717, 1.165) is 11.6 Å². The molecule has 1 saturated carbocycles. The van der Waals surface area contributed by atoms with Gasteiger partial charge in [-0.1, -0.05) is 36.4 Å². The van der Waals surface area contributed by atoms with Gasteiger partial charge in [0.05, 0.1) is 18.0 Å². The van der Waals surface area contributed by atoms with Gasteiger partial charge >= 0.3 is 5.69 Å². The number of aryl methyl sites for hydroxylation is 1. The van der Waals surface area contributed by atoms with Gasteiger partial charge in [-0.05, 0) is 57.2 Å². The van der Waals surface area contributed by atoms with Gasteiger partial charge in [-0.25, -0.2) is 13.6 Å². The van der Waals surface area contributed by atoms with E-state index >= 15 is 0 Å². The largest absolute Gasteiger partial charge is 0.331 e. The molecule has 36 heavy (non-hydrogen) atoms. The lowest BCUT2D eigenvalue weighted by molar-refractivity contribution is 0.288. The van der Waals surface area contributed by atoms with Crippen LogP contribution in [0.4, 0.5) is 8.78 Å². The summed E-state index contributed by atoms with van der Waals surface area (Å²) in [5.74, 6) is -1.33. The van der Waals surface area contributed by atoms with Gasteiger partial charge in [-0.3, -0.25) is 13.9 Å². The van der Waals surface area contributed by atoms with E-state index < -0.39 is 17.0 Å². The third-order valence-corrected chi connectivity index (χ3v) is 7.10. The summed E-state index contributed by atoms with van der Waals surface area (Å²) in [6.07, 6.45) is 4.52. The third kappa shape index (κ3) is 5.47. The average Bonchev–Trinajstić information content (AvgIpc) is 2.88. The van der Waals surface area contributed by atoms with Crippen LogP contribution in [0.15, 0.2) is 64.3 Å². The molecule has 8 heteroatoms. The lowest BCUT2D eigenvalue weighted by Crippen LogP contribution is -2.42. The van der Waals surface area contributed by atoms with E-state index in [2.05, 4.69) is 11.4 Å². The predicted molar refractivity (Wildman–Crippen MR) is 134 cm³/mol. The highest BCUT2D eigenvalue weighted by Crippen LogP contribution is 2.40. The van der Waals surface area contributed by atoms with Crippen LogP contribution in [0.25, 0.3) is 0 Å². The minimum atomic E-state index is -0.950. The SMILES string of the molecule is Cc1cn(Cc2ccccc2)c(=O)n(CCCN[C@H]2CC[C@@](C#N)(c3ccc(F)cc3F)CC2)c1=O. The molecular formula is C28H30F2N4O2. The number of halogens is 2. The molecule has 1 fully saturated rings. The van der Waals surface area contributed by atoms with Crippen molar-refractivity contribution in [2.75, 3.05) is 6.54 Å². The maximum atomic E-state index is 14.4. The molecule has 0 radical (unpaired) electrons. The van der Waals surface area contributed by atoms with Crippen LogP contribution in [0.3, 0.4) is 0 Å². The molecule has 4 rings (SSSR count). The van der Waals surface area contributed by atoms with Gasteiger partial charge in [-0.15, -0.1) is 0 Å². The summed E-state index contributed by atoms with van der Waals surface area (Å²) in [6, 6.07) is 15.5. The zero-order chi connectivity index (χ0) is 25.7. The molecule has 0 unspecified atom stereocenters. The first-order chi connectivity index (χ1) is 17.3. The summed E-state index contributed by atoms with van der Waals surface area (Å²) >= 11 is 0. The van der Waals surface area contributed by atoms with Crippen molar-refractivity contribution in [3.63, 3.8) is 0 Å². The zero-order valence-corrected chi connectivity index (χ0v) is 20.3. The number of hydrogen-bond acceptors (Lipinski definition) is 4. The van der Waals surface area contributed by atoms with Crippen molar-refractivity contribution in [1.82, 2.24) is 14.5 Å². The number of aromatic nitrogens is 2. The number of nitriles is 1. The Hall–Kier alpha value is -3.57. The number of benzene rings is 2. The lowest BCUT2D eigenvalue weighted by atomic mass is 9.69. The highest BCUT2D eigenvalue weighted by Gasteiger charge is 2.39. The van der Waals surface area contributed by atoms with E-state index in [1.807, 2.05) is 30.3 Å². The van der Waals surface area contributed by atoms with Gasteiger partial charge in [0.1, 0.15) is 11.6 Å². The average molecular weight is 493 g/mol. The third-order valence-electron chi connectivity index (χ3n) is 7.10. The lowest BCUT2D eigenvalue weighted by Gasteiger charge is -2.36. The molecule has 1 aliphatic rings. The zero-order valence-electron chi connectivity index (χ0n) is 20.3. The quantitative estimate of drug-likeness (QED) is 0.482. The van der Waals surface area contributed by atoms with E-state index in [-0.39, 0.29) is 22.9 Å². The van der Waals surface area contributed by atoms with Crippen LogP contribution in [0.1, 0.15) is 48.8 Å². The maximum Gasteiger partial charge on any atom is 0.331 e. The molecule has 0 amide bonds. The van der Waals surface area contributed by atoms with Gasteiger partial charge in [0.2, 0.25) is 0 Å². The minimum absolute atomic E-state index is 0.152. The number of nitrogens with one attached hydrogen (secondary N) is 1. The number of rotatable bonds is 8. The van der Waals surface area contributed by atoms with Crippen LogP contribution in [-0.2, 0) is 18.5 Å². The van der Waals surface area contributed by atoms with Crippen molar-refractivity contribution in [2.24, 2.45) is 0 Å². The fourth-order valence-electron chi connectivity index (χ4n) is 5.07. The molecule has 0 spiro atoms. The molecule has 188 valence electrons. The van der Waals surface area contributed by atoms with Crippen molar-refractivity contribution < 1.29 is 8.78 Å². The van der Waals surface area contributed by atoms with Crippen LogP contribution < -0.4 is 16.6 Å². The Kier molecular flexibility index (Phi) is 7.80. The fourth-order valence-corrected chi connectivity index (χ4v) is 5.07. The fraction of sp³-hybridized carbons (Fsp3) is 0.393. The van der Waals surface area contributed by atoms with Gasteiger partial charge in [0.15, 0.2) is 0 Å². The number of nitrogens with zero attached hydrogens (tertiary/aromatic N) is 3. The van der Waals surface area contributed by atoms with Crippen molar-refractivity contribution in [1.29, 1.82) is 5.26 Å². The first kappa shape index (κ1) is 25.5. The second-order valence-corrected chi connectivity index (χ2v) is 9.57. The van der Waals surface area contributed by atoms with Crippen LogP contribution in [0, 0.1) is 29.9 Å². The van der Waals surface area contributed by atoms with E-state index in [1.54, 1.807) is 17.7 Å². The topological polar surface area (TPSA) is 79.8 Å². The van der Waals surface area contributed by atoms with Crippen LogP contribution in [0.5, 0.6) is 0 Å². The van der Waals surface area contributed by atoms with Crippen molar-refractivity contribution in [3.8, 4) is 6.07 Å². The Bertz CT molecular complexity index is 1370. The van der Waals surface area contributed by atoms with Crippen LogP contribution in [-0.4, -0.2) is 21.7 Å². The summed E-state index contributed by atoms with van der Waals surface area (Å²) < 4.78 is 30.5. The molecule has 3 aromatic rings. The molecule has 0 saturated heterocycles. The second kappa shape index (κ2) is 11.0. The van der Waals surface area contributed by atoms with Gasteiger partial charge in [0, 0.05) is 36.0 Å². The standard InChI is InChI=1S/C28H30F2N4O2/c1-20-17-33(18-21-6-3-2-4-7-21)27(36)34(26(20)35)15-5-14-32-23-10-12-28(19-31,13-11-23)24-9-8-22(29)16-25(24)30/h2-4,6-9,16-17,23,32H,5,10-15,18H2,1H3/t23-,28+. The predicted octanol–water partition coefficient (Wildman–Crippen LogP) is 4.03. The van der Waals surface area contributed by atoms with Crippen molar-refractivity contribution >= 4 is 0 Å². The summed E-state index contributed by atoms with van der Waals surface area (Å²) in [7, 11) is 0. The van der Waals surface area contributed by atoms with Crippen molar-refractivity contribution in [2.45, 2.75) is 63.6 Å². The molecule has 1 aromatic heterocycles. The molecule has 2 aromatic carbocycles. The molecule has 1 aliphatic carbocycles. The Morgan fingerprint density at radius 2 is 1.83 bits per heavy atom. The first-order valence-electron chi connectivity index (χ1n) is 12.3. The molecule has 0 bridgehead atoms. The molecular weight excluding hydrogens is 462 g/mol. The molecule has 1 heterocycles. The Labute approximate surface area is 208 Å². The van der Waals surface area contributed by atoms with Gasteiger partial charge in [0.25, 0.3) is 5.56 Å². The Balaban J connectivity index is 1.34. The number of hydrogen-bond donors (Lipinski definition) is 1. The molecule has 1 N–H and O–H groups in total. The second-order valence-electron chi connectivity index (χ2n) is 9.57. The Morgan fingerprint density at radius 3 is 2.50 bits per heavy atom. The first-order valence-corrected chi connectivity index (χ1v) is 12.3. The summed E-state index contributed by atoms with van der Waals surface area (Å²) in [5.41, 5.74) is 0.211. The van der Waals surface area contributed by atoms with E-state index in [9.17, 15) is 23.6 Å². The monoisotopic (exact) mass is 492 g/mol. The summed E-state index contributed by atoms with van der Waals surface area (Å²) in [6.45, 7) is 3.02. The normalized spacial score (nSPS) is 19.7. The van der Waals surface area contributed by atoms with E-state index in [4.69, 9.17) is 0 Å². The highest BCUT2D eigenvalue weighted by molar-refractivity contribution is 5.35. The Morgan fingerprint density at radius 1 is 1.11 bits per heavy atom. The van der Waals surface area contributed by atoms with Gasteiger partial charge < -0.3 is 5.32 Å².